The van der Waals surface area contributed by atoms with Crippen molar-refractivity contribution in [2.45, 2.75) is 19.4 Å². The van der Waals surface area contributed by atoms with Gasteiger partial charge in [-0.15, -0.1) is 0 Å². The highest BCUT2D eigenvalue weighted by Crippen LogP contribution is 2.13. The Labute approximate surface area is 84.9 Å². The first-order valence-electron chi connectivity index (χ1n) is 4.98. The maximum absolute atomic E-state index is 9.73. The van der Waals surface area contributed by atoms with Crippen molar-refractivity contribution in [1.82, 2.24) is 5.32 Å². The number of nitrogen functional groups attached to an aromatic ring is 1. The molecule has 3 heteroatoms. The minimum atomic E-state index is -0.442. The van der Waals surface area contributed by atoms with Crippen LogP contribution in [0.3, 0.4) is 0 Å². The normalized spacial score (nSPS) is 12.7. The topological polar surface area (TPSA) is 58.3 Å². The van der Waals surface area contributed by atoms with Gasteiger partial charge in [-0.1, -0.05) is 19.1 Å². The molecule has 14 heavy (non-hydrogen) atoms. The molecule has 1 rings (SSSR count). The van der Waals surface area contributed by atoms with E-state index in [0.717, 1.165) is 24.2 Å². The van der Waals surface area contributed by atoms with Crippen molar-refractivity contribution >= 4 is 5.69 Å². The van der Waals surface area contributed by atoms with Gasteiger partial charge in [-0.2, -0.15) is 0 Å². The van der Waals surface area contributed by atoms with E-state index in [1.54, 1.807) is 12.1 Å². The fraction of sp³-hybridized carbons (Fsp3) is 0.455. The molecule has 0 spiro atoms. The van der Waals surface area contributed by atoms with Crippen molar-refractivity contribution in [3.63, 3.8) is 0 Å². The predicted octanol–water partition coefficient (Wildman–Crippen LogP) is 1.30. The van der Waals surface area contributed by atoms with E-state index in [2.05, 4.69) is 12.2 Å². The van der Waals surface area contributed by atoms with Gasteiger partial charge in [0.15, 0.2) is 0 Å². The van der Waals surface area contributed by atoms with Gasteiger partial charge in [0, 0.05) is 12.2 Å². The van der Waals surface area contributed by atoms with Crippen LogP contribution in [0.15, 0.2) is 24.3 Å². The van der Waals surface area contributed by atoms with Gasteiger partial charge in [-0.05, 0) is 30.7 Å². The Balaban J connectivity index is 2.43. The van der Waals surface area contributed by atoms with Crippen LogP contribution >= 0.6 is 0 Å². The molecule has 0 saturated carbocycles. The fourth-order valence-corrected chi connectivity index (χ4v) is 1.25. The van der Waals surface area contributed by atoms with Crippen LogP contribution in [0.5, 0.6) is 0 Å². The molecule has 0 aliphatic heterocycles. The Hall–Kier alpha value is -1.06. The van der Waals surface area contributed by atoms with Gasteiger partial charge in [0.25, 0.3) is 0 Å². The van der Waals surface area contributed by atoms with Crippen molar-refractivity contribution in [3.05, 3.63) is 29.8 Å². The molecule has 0 radical (unpaired) electrons. The highest BCUT2D eigenvalue weighted by atomic mass is 16.3. The average Bonchev–Trinajstić information content (AvgIpc) is 2.19. The van der Waals surface area contributed by atoms with Gasteiger partial charge in [0.2, 0.25) is 0 Å². The summed E-state index contributed by atoms with van der Waals surface area (Å²) >= 11 is 0. The highest BCUT2D eigenvalue weighted by Gasteiger charge is 2.05. The number of nitrogens with two attached hydrogens (primary N) is 1. The third kappa shape index (κ3) is 3.36. The van der Waals surface area contributed by atoms with Crippen LogP contribution in [-0.2, 0) is 0 Å². The first kappa shape index (κ1) is 11.0. The number of rotatable bonds is 5. The van der Waals surface area contributed by atoms with Gasteiger partial charge >= 0.3 is 0 Å². The number of aliphatic hydroxyl groups excluding tert-OH is 1. The van der Waals surface area contributed by atoms with Crippen molar-refractivity contribution in [1.29, 1.82) is 0 Å². The molecule has 0 aromatic heterocycles. The number of hydrogen-bond acceptors (Lipinski definition) is 3. The molecule has 4 N–H and O–H groups in total. The lowest BCUT2D eigenvalue weighted by molar-refractivity contribution is 0.175. The molecule has 1 aromatic carbocycles. The Bertz CT molecular complexity index is 258. The van der Waals surface area contributed by atoms with E-state index < -0.39 is 6.10 Å². The lowest BCUT2D eigenvalue weighted by atomic mass is 10.1. The van der Waals surface area contributed by atoms with E-state index in [0.29, 0.717) is 6.54 Å². The summed E-state index contributed by atoms with van der Waals surface area (Å²) in [6, 6.07) is 7.32. The summed E-state index contributed by atoms with van der Waals surface area (Å²) < 4.78 is 0. The summed E-state index contributed by atoms with van der Waals surface area (Å²) in [4.78, 5) is 0. The van der Waals surface area contributed by atoms with Crippen LogP contribution in [0.1, 0.15) is 25.0 Å². The van der Waals surface area contributed by atoms with Crippen molar-refractivity contribution < 1.29 is 5.11 Å². The first-order chi connectivity index (χ1) is 6.74. The minimum Gasteiger partial charge on any atom is -0.399 e. The molecule has 0 bridgehead atoms. The second-order valence-electron chi connectivity index (χ2n) is 3.39. The maximum Gasteiger partial charge on any atom is 0.0914 e. The number of aliphatic hydroxyl groups is 1. The van der Waals surface area contributed by atoms with Crippen LogP contribution in [0.4, 0.5) is 5.69 Å². The van der Waals surface area contributed by atoms with Crippen LogP contribution < -0.4 is 11.1 Å². The van der Waals surface area contributed by atoms with Crippen molar-refractivity contribution in [2.75, 3.05) is 18.8 Å². The molecular formula is C11H18N2O. The summed E-state index contributed by atoms with van der Waals surface area (Å²) in [5.74, 6) is 0. The van der Waals surface area contributed by atoms with Crippen LogP contribution in [-0.4, -0.2) is 18.2 Å². The zero-order chi connectivity index (χ0) is 10.4. The lowest BCUT2D eigenvalue weighted by Gasteiger charge is -2.11. The van der Waals surface area contributed by atoms with E-state index in [1.807, 2.05) is 12.1 Å². The molecule has 3 nitrogen and oxygen atoms in total. The number of hydrogen-bond donors (Lipinski definition) is 3. The molecule has 0 saturated heterocycles. The Morgan fingerprint density at radius 2 is 2.00 bits per heavy atom. The SMILES string of the molecule is CCCNCC(O)c1ccc(N)cc1. The van der Waals surface area contributed by atoms with Crippen LogP contribution in [0.2, 0.25) is 0 Å². The average molecular weight is 194 g/mol. The van der Waals surface area contributed by atoms with Crippen molar-refractivity contribution in [3.8, 4) is 0 Å². The summed E-state index contributed by atoms with van der Waals surface area (Å²) in [6.07, 6.45) is 0.635. The Morgan fingerprint density at radius 3 is 2.57 bits per heavy atom. The smallest absolute Gasteiger partial charge is 0.0914 e. The Kier molecular flexibility index (Phi) is 4.43. The highest BCUT2D eigenvalue weighted by molar-refractivity contribution is 5.39. The minimum absolute atomic E-state index is 0.442. The number of benzene rings is 1. The second kappa shape index (κ2) is 5.62. The third-order valence-corrected chi connectivity index (χ3v) is 2.09. The second-order valence-corrected chi connectivity index (χ2v) is 3.39. The van der Waals surface area contributed by atoms with E-state index in [4.69, 9.17) is 5.73 Å². The monoisotopic (exact) mass is 194 g/mol. The van der Waals surface area contributed by atoms with Gasteiger partial charge in [-0.25, -0.2) is 0 Å². The molecule has 0 aliphatic carbocycles. The molecule has 0 heterocycles. The van der Waals surface area contributed by atoms with Gasteiger partial charge in [0.1, 0.15) is 0 Å². The van der Waals surface area contributed by atoms with Gasteiger partial charge in [-0.3, -0.25) is 0 Å². The summed E-state index contributed by atoms with van der Waals surface area (Å²) in [7, 11) is 0. The lowest BCUT2D eigenvalue weighted by Crippen LogP contribution is -2.22. The number of nitrogens with one attached hydrogen (secondary N) is 1. The van der Waals surface area contributed by atoms with Crippen LogP contribution in [0.25, 0.3) is 0 Å². The van der Waals surface area contributed by atoms with Gasteiger partial charge < -0.3 is 16.2 Å². The van der Waals surface area contributed by atoms with Gasteiger partial charge in [0.05, 0.1) is 6.10 Å². The first-order valence-corrected chi connectivity index (χ1v) is 4.98. The molecule has 0 aliphatic rings. The standard InChI is InChI=1S/C11H18N2O/c1-2-7-13-8-11(14)9-3-5-10(12)6-4-9/h3-6,11,13-14H,2,7-8,12H2,1H3. The van der Waals surface area contributed by atoms with E-state index >= 15 is 0 Å². The summed E-state index contributed by atoms with van der Waals surface area (Å²) in [6.45, 7) is 3.63. The maximum atomic E-state index is 9.73. The number of anilines is 1. The molecule has 0 amide bonds. The molecule has 0 fully saturated rings. The predicted molar refractivity (Wildman–Crippen MR) is 59.0 cm³/mol. The molecule has 1 unspecified atom stereocenters. The van der Waals surface area contributed by atoms with Crippen LogP contribution in [0, 0.1) is 0 Å². The third-order valence-electron chi connectivity index (χ3n) is 2.09. The molecule has 78 valence electrons. The zero-order valence-corrected chi connectivity index (χ0v) is 8.53. The largest absolute Gasteiger partial charge is 0.399 e. The quantitative estimate of drug-likeness (QED) is 0.489. The fourth-order valence-electron chi connectivity index (χ4n) is 1.25. The molecule has 1 atom stereocenters. The van der Waals surface area contributed by atoms with E-state index in [9.17, 15) is 5.11 Å². The Morgan fingerprint density at radius 1 is 1.36 bits per heavy atom. The van der Waals surface area contributed by atoms with Crippen molar-refractivity contribution in [2.24, 2.45) is 0 Å². The molecular weight excluding hydrogens is 176 g/mol. The zero-order valence-electron chi connectivity index (χ0n) is 8.53. The van der Waals surface area contributed by atoms with E-state index in [-0.39, 0.29) is 0 Å². The molecule has 1 aromatic rings. The van der Waals surface area contributed by atoms with E-state index in [1.165, 1.54) is 0 Å². The summed E-state index contributed by atoms with van der Waals surface area (Å²) in [5, 5.41) is 12.9. The summed E-state index contributed by atoms with van der Waals surface area (Å²) in [5.41, 5.74) is 7.18.